The Hall–Kier alpha value is -1.08. The molecule has 0 amide bonds. The molecule has 1 nitrogen and oxygen atoms in total. The molecule has 1 aromatic carbocycles. The van der Waals surface area contributed by atoms with Gasteiger partial charge in [-0.1, -0.05) is 42.5 Å². The second-order valence-electron chi connectivity index (χ2n) is 5.25. The van der Waals surface area contributed by atoms with Crippen LogP contribution in [0.25, 0.3) is 0 Å². The van der Waals surface area contributed by atoms with Crippen molar-refractivity contribution in [1.82, 2.24) is 4.90 Å². The molecule has 0 radical (unpaired) electrons. The molecule has 1 saturated heterocycles. The quantitative estimate of drug-likeness (QED) is 0.648. The summed E-state index contributed by atoms with van der Waals surface area (Å²) >= 11 is 0. The van der Waals surface area contributed by atoms with Crippen molar-refractivity contribution in [2.24, 2.45) is 11.8 Å². The maximum absolute atomic E-state index is 2.48. The van der Waals surface area contributed by atoms with E-state index in [0.717, 1.165) is 11.8 Å². The minimum absolute atomic E-state index is 0.643. The van der Waals surface area contributed by atoms with Crippen molar-refractivity contribution in [3.8, 4) is 0 Å². The van der Waals surface area contributed by atoms with E-state index >= 15 is 0 Å². The molecule has 3 rings (SSSR count). The molecule has 0 N–H and O–H groups in total. The fourth-order valence-corrected chi connectivity index (χ4v) is 3.35. The summed E-state index contributed by atoms with van der Waals surface area (Å²) < 4.78 is 0. The van der Waals surface area contributed by atoms with E-state index in [0.29, 0.717) is 5.92 Å². The first-order valence-electron chi connectivity index (χ1n) is 6.25. The van der Waals surface area contributed by atoms with Gasteiger partial charge < -0.3 is 4.90 Å². The molecule has 3 unspecified atom stereocenters. The van der Waals surface area contributed by atoms with Gasteiger partial charge in [-0.3, -0.25) is 0 Å². The summed E-state index contributed by atoms with van der Waals surface area (Å²) in [6, 6.07) is 11.0. The third-order valence-electron chi connectivity index (χ3n) is 4.10. The smallest absolute Gasteiger partial charge is 0.00616 e. The topological polar surface area (TPSA) is 3.24 Å². The van der Waals surface area contributed by atoms with Crippen LogP contribution in [0.5, 0.6) is 0 Å². The summed E-state index contributed by atoms with van der Waals surface area (Å²) in [5.41, 5.74) is 1.49. The molecular formula is C15H19N. The lowest BCUT2D eigenvalue weighted by Crippen LogP contribution is -2.22. The van der Waals surface area contributed by atoms with Gasteiger partial charge in [0, 0.05) is 19.0 Å². The number of fused-ring (bicyclic) bond motifs is 1. The van der Waals surface area contributed by atoms with Crippen molar-refractivity contribution in [1.29, 1.82) is 0 Å². The fourth-order valence-electron chi connectivity index (χ4n) is 3.35. The Balaban J connectivity index is 1.90. The summed E-state index contributed by atoms with van der Waals surface area (Å²) in [5.74, 6) is 2.35. The van der Waals surface area contributed by atoms with Crippen LogP contribution in [0.2, 0.25) is 0 Å². The van der Waals surface area contributed by atoms with E-state index in [2.05, 4.69) is 54.4 Å². The normalized spacial score (nSPS) is 33.9. The SMILES string of the molecule is CN1CC2CC=CC(c3ccccc3)C2C1. The van der Waals surface area contributed by atoms with Gasteiger partial charge in [0.15, 0.2) is 0 Å². The minimum Gasteiger partial charge on any atom is -0.306 e. The van der Waals surface area contributed by atoms with E-state index in [9.17, 15) is 0 Å². The van der Waals surface area contributed by atoms with E-state index in [-0.39, 0.29) is 0 Å². The van der Waals surface area contributed by atoms with Crippen LogP contribution in [-0.4, -0.2) is 25.0 Å². The summed E-state index contributed by atoms with van der Waals surface area (Å²) in [6.07, 6.45) is 6.09. The number of hydrogen-bond donors (Lipinski definition) is 0. The van der Waals surface area contributed by atoms with Crippen molar-refractivity contribution in [3.63, 3.8) is 0 Å². The van der Waals surface area contributed by atoms with E-state index < -0.39 is 0 Å². The molecule has 0 saturated carbocycles. The van der Waals surface area contributed by atoms with Gasteiger partial charge in [-0.15, -0.1) is 0 Å². The monoisotopic (exact) mass is 213 g/mol. The van der Waals surface area contributed by atoms with Crippen LogP contribution < -0.4 is 0 Å². The summed E-state index contributed by atoms with van der Waals surface area (Å²) in [7, 11) is 2.25. The minimum atomic E-state index is 0.643. The lowest BCUT2D eigenvalue weighted by atomic mass is 9.75. The molecule has 1 aliphatic carbocycles. The van der Waals surface area contributed by atoms with Crippen LogP contribution >= 0.6 is 0 Å². The third kappa shape index (κ3) is 1.69. The zero-order valence-electron chi connectivity index (χ0n) is 9.84. The molecule has 16 heavy (non-hydrogen) atoms. The Morgan fingerprint density at radius 1 is 1.12 bits per heavy atom. The second kappa shape index (κ2) is 4.06. The molecule has 1 fully saturated rings. The Bertz CT molecular complexity index is 382. The lowest BCUT2D eigenvalue weighted by Gasteiger charge is -2.29. The molecule has 84 valence electrons. The highest BCUT2D eigenvalue weighted by atomic mass is 15.1. The molecule has 1 heteroatoms. The first-order chi connectivity index (χ1) is 7.84. The van der Waals surface area contributed by atoms with Gasteiger partial charge in [-0.25, -0.2) is 0 Å². The maximum Gasteiger partial charge on any atom is 0.00616 e. The van der Waals surface area contributed by atoms with Gasteiger partial charge in [0.05, 0.1) is 0 Å². The highest BCUT2D eigenvalue weighted by Crippen LogP contribution is 2.41. The summed E-state index contributed by atoms with van der Waals surface area (Å²) in [6.45, 7) is 2.53. The maximum atomic E-state index is 2.48. The van der Waals surface area contributed by atoms with Crippen molar-refractivity contribution in [2.75, 3.05) is 20.1 Å². The van der Waals surface area contributed by atoms with Crippen LogP contribution in [0.1, 0.15) is 17.9 Å². The number of allylic oxidation sites excluding steroid dienone is 2. The van der Waals surface area contributed by atoms with Gasteiger partial charge in [-0.2, -0.15) is 0 Å². The van der Waals surface area contributed by atoms with E-state index in [4.69, 9.17) is 0 Å². The predicted molar refractivity (Wildman–Crippen MR) is 67.4 cm³/mol. The van der Waals surface area contributed by atoms with E-state index in [1.54, 1.807) is 0 Å². The van der Waals surface area contributed by atoms with Crippen LogP contribution in [0.4, 0.5) is 0 Å². The molecule has 0 bridgehead atoms. The van der Waals surface area contributed by atoms with Gasteiger partial charge in [-0.05, 0) is 30.9 Å². The van der Waals surface area contributed by atoms with Gasteiger partial charge in [0.2, 0.25) is 0 Å². The van der Waals surface area contributed by atoms with Crippen molar-refractivity contribution < 1.29 is 0 Å². The largest absolute Gasteiger partial charge is 0.306 e. The summed E-state index contributed by atoms with van der Waals surface area (Å²) in [4.78, 5) is 2.48. The Morgan fingerprint density at radius 2 is 1.94 bits per heavy atom. The fraction of sp³-hybridized carbons (Fsp3) is 0.467. The number of likely N-dealkylation sites (tertiary alicyclic amines) is 1. The average molecular weight is 213 g/mol. The van der Waals surface area contributed by atoms with Gasteiger partial charge in [0.1, 0.15) is 0 Å². The molecule has 1 aliphatic heterocycles. The molecule has 3 atom stereocenters. The molecule has 1 heterocycles. The van der Waals surface area contributed by atoms with Crippen LogP contribution in [-0.2, 0) is 0 Å². The first kappa shape index (κ1) is 10.1. The Kier molecular flexibility index (Phi) is 2.56. The molecule has 2 aliphatic rings. The lowest BCUT2D eigenvalue weighted by molar-refractivity contribution is 0.368. The van der Waals surface area contributed by atoms with Crippen LogP contribution in [0, 0.1) is 11.8 Å². The zero-order chi connectivity index (χ0) is 11.0. The summed E-state index contributed by atoms with van der Waals surface area (Å²) in [5, 5.41) is 0. The Labute approximate surface area is 97.8 Å². The molecule has 1 aromatic rings. The van der Waals surface area contributed by atoms with Gasteiger partial charge >= 0.3 is 0 Å². The van der Waals surface area contributed by atoms with Crippen LogP contribution in [0.3, 0.4) is 0 Å². The highest BCUT2D eigenvalue weighted by molar-refractivity contribution is 5.27. The molecule has 0 aromatic heterocycles. The highest BCUT2D eigenvalue weighted by Gasteiger charge is 2.37. The number of rotatable bonds is 1. The van der Waals surface area contributed by atoms with Gasteiger partial charge in [0.25, 0.3) is 0 Å². The zero-order valence-corrected chi connectivity index (χ0v) is 9.84. The predicted octanol–water partition coefficient (Wildman–Crippen LogP) is 2.91. The number of nitrogens with zero attached hydrogens (tertiary/aromatic N) is 1. The van der Waals surface area contributed by atoms with Crippen molar-refractivity contribution in [2.45, 2.75) is 12.3 Å². The first-order valence-corrected chi connectivity index (χ1v) is 6.25. The second-order valence-corrected chi connectivity index (χ2v) is 5.25. The molecular weight excluding hydrogens is 194 g/mol. The van der Waals surface area contributed by atoms with Crippen molar-refractivity contribution >= 4 is 0 Å². The average Bonchev–Trinajstić information content (AvgIpc) is 2.70. The van der Waals surface area contributed by atoms with Crippen LogP contribution in [0.15, 0.2) is 42.5 Å². The molecule has 0 spiro atoms. The van der Waals surface area contributed by atoms with Crippen molar-refractivity contribution in [3.05, 3.63) is 48.0 Å². The third-order valence-corrected chi connectivity index (χ3v) is 4.10. The number of benzene rings is 1. The van der Waals surface area contributed by atoms with E-state index in [1.165, 1.54) is 25.1 Å². The standard InChI is InChI=1S/C15H19N/c1-16-10-13-8-5-9-14(15(13)11-16)12-6-3-2-4-7-12/h2-7,9,13-15H,8,10-11H2,1H3. The Morgan fingerprint density at radius 3 is 2.75 bits per heavy atom. The van der Waals surface area contributed by atoms with E-state index in [1.807, 2.05) is 0 Å². The number of hydrogen-bond acceptors (Lipinski definition) is 1.